The summed E-state index contributed by atoms with van der Waals surface area (Å²) in [5.41, 5.74) is 0.993. The zero-order valence-corrected chi connectivity index (χ0v) is 21.8. The van der Waals surface area contributed by atoms with Gasteiger partial charge in [-0.05, 0) is 43.5 Å². The van der Waals surface area contributed by atoms with Crippen LogP contribution in [0.25, 0.3) is 21.0 Å². The van der Waals surface area contributed by atoms with Gasteiger partial charge in [0.1, 0.15) is 5.76 Å². The molecule has 2 N–H and O–H groups in total. The zero-order valence-electron chi connectivity index (χ0n) is 17.8. The van der Waals surface area contributed by atoms with Crippen LogP contribution < -0.4 is 10.6 Å². The molecular weight excluding hydrogens is 543 g/mol. The van der Waals surface area contributed by atoms with Gasteiger partial charge in [0.15, 0.2) is 16.7 Å². The van der Waals surface area contributed by atoms with Crippen molar-refractivity contribution in [1.29, 1.82) is 0 Å². The zero-order chi connectivity index (χ0) is 20.9. The molecule has 0 saturated heterocycles. The molecule has 2 heterocycles. The van der Waals surface area contributed by atoms with Crippen LogP contribution in [0, 0.1) is 0 Å². The number of para-hydroxylation sites is 1. The topological polar surface area (TPSA) is 79.5 Å². The van der Waals surface area contributed by atoms with E-state index in [2.05, 4.69) is 26.7 Å². The van der Waals surface area contributed by atoms with E-state index in [0.29, 0.717) is 17.8 Å². The Labute approximate surface area is 206 Å². The first-order chi connectivity index (χ1) is 14.7. The number of fused-ring (bicyclic) bond motifs is 1. The summed E-state index contributed by atoms with van der Waals surface area (Å²) in [7, 11) is 1.05. The van der Waals surface area contributed by atoms with Gasteiger partial charge in [0.25, 0.3) is 0 Å². The maximum atomic E-state index is 12.2. The van der Waals surface area contributed by atoms with Crippen LogP contribution in [-0.4, -0.2) is 39.2 Å². The maximum Gasteiger partial charge on any atom is 0.191 e. The Hall–Kier alpha value is -1.46. The van der Waals surface area contributed by atoms with Gasteiger partial charge in [-0.1, -0.05) is 25.5 Å². The van der Waals surface area contributed by atoms with E-state index in [1.165, 1.54) is 0 Å². The number of guanidine groups is 1. The van der Waals surface area contributed by atoms with Crippen molar-refractivity contribution in [2.24, 2.45) is 4.99 Å². The summed E-state index contributed by atoms with van der Waals surface area (Å²) < 4.78 is 19.3. The average molecular weight is 573 g/mol. The van der Waals surface area contributed by atoms with Crippen LogP contribution in [0.5, 0.6) is 0 Å². The van der Waals surface area contributed by atoms with Gasteiger partial charge >= 0.3 is 0 Å². The van der Waals surface area contributed by atoms with Gasteiger partial charge < -0.3 is 15.1 Å². The number of hydrogen-bond donors (Lipinski definition) is 2. The summed E-state index contributed by atoms with van der Waals surface area (Å²) in [5, 5.41) is 8.01. The Morgan fingerprint density at radius 1 is 1.29 bits per heavy atom. The van der Waals surface area contributed by atoms with Crippen molar-refractivity contribution in [1.82, 2.24) is 15.6 Å². The number of aromatic nitrogens is 1. The summed E-state index contributed by atoms with van der Waals surface area (Å²) in [6.45, 7) is 2.54. The van der Waals surface area contributed by atoms with Gasteiger partial charge in [0.05, 0.1) is 16.8 Å². The first kappa shape index (κ1) is 24.2. The van der Waals surface area contributed by atoms with Gasteiger partial charge in [-0.2, -0.15) is 0 Å². The lowest BCUT2D eigenvalue weighted by molar-refractivity contribution is 0.412. The molecule has 1 aromatic carbocycles. The number of furan rings is 1. The van der Waals surface area contributed by atoms with Crippen LogP contribution in [-0.2, 0) is 17.3 Å². The molecule has 1 saturated carbocycles. The molecule has 3 atom stereocenters. The van der Waals surface area contributed by atoms with E-state index in [4.69, 9.17) is 4.42 Å². The Balaban J connectivity index is 0.00000272. The van der Waals surface area contributed by atoms with Gasteiger partial charge in [-0.3, -0.25) is 9.20 Å². The van der Waals surface area contributed by atoms with Crippen molar-refractivity contribution in [2.45, 2.75) is 50.4 Å². The molecule has 9 heteroatoms. The molecule has 6 nitrogen and oxygen atoms in total. The molecule has 2 aromatic heterocycles. The number of nitrogens with one attached hydrogen (secondary N) is 2. The fraction of sp³-hybridized carbons (Fsp3) is 0.455. The van der Waals surface area contributed by atoms with Crippen molar-refractivity contribution in [2.75, 3.05) is 12.8 Å². The molecule has 0 amide bonds. The number of thiazole rings is 1. The minimum atomic E-state index is -0.726. The number of benzene rings is 1. The predicted molar refractivity (Wildman–Crippen MR) is 141 cm³/mol. The monoisotopic (exact) mass is 572 g/mol. The first-order valence-corrected chi connectivity index (χ1v) is 12.6. The summed E-state index contributed by atoms with van der Waals surface area (Å²) in [4.78, 5) is 9.00. The molecule has 1 aliphatic carbocycles. The van der Waals surface area contributed by atoms with E-state index < -0.39 is 10.8 Å². The van der Waals surface area contributed by atoms with Crippen molar-refractivity contribution in [3.63, 3.8) is 0 Å². The van der Waals surface area contributed by atoms with Crippen LogP contribution in [0.2, 0.25) is 0 Å². The highest BCUT2D eigenvalue weighted by molar-refractivity contribution is 14.0. The quantitative estimate of drug-likeness (QED) is 0.249. The Morgan fingerprint density at radius 3 is 2.90 bits per heavy atom. The number of hydrogen-bond acceptors (Lipinski definition) is 5. The lowest BCUT2D eigenvalue weighted by Crippen LogP contribution is -2.46. The molecule has 1 aliphatic rings. The molecule has 3 aromatic rings. The highest BCUT2D eigenvalue weighted by Crippen LogP contribution is 2.31. The number of aliphatic imine (C=N–C) groups is 1. The lowest BCUT2D eigenvalue weighted by atomic mass is 9.95. The minimum Gasteiger partial charge on any atom is -0.457 e. The van der Waals surface area contributed by atoms with Gasteiger partial charge in [-0.15, -0.1) is 35.3 Å². The summed E-state index contributed by atoms with van der Waals surface area (Å²) >= 11 is 1.63. The Morgan fingerprint density at radius 2 is 2.13 bits per heavy atom. The van der Waals surface area contributed by atoms with Crippen molar-refractivity contribution >= 4 is 62.3 Å². The summed E-state index contributed by atoms with van der Waals surface area (Å²) in [6, 6.07) is 12.4. The SMILES string of the molecule is CCS(=O)C1CCCC(NC(=NC)NCc2ccc(-c3nc4ccccc4s3)o2)C1.I. The second-order valence-corrected chi connectivity index (χ2v) is 10.5. The standard InChI is InChI=1S/C22H28N4O2S2.HI/c1-3-30(27)17-8-6-7-15(13-17)25-22(23-2)24-14-16-11-12-19(28-16)21-26-18-9-4-5-10-20(18)29-21;/h4-5,9-12,15,17H,3,6-8,13-14H2,1-2H3,(H2,23,24,25);1H. The molecule has 0 bridgehead atoms. The molecule has 1 fully saturated rings. The molecule has 0 aliphatic heterocycles. The first-order valence-electron chi connectivity index (χ1n) is 10.4. The predicted octanol–water partition coefficient (Wildman–Crippen LogP) is 4.92. The van der Waals surface area contributed by atoms with E-state index in [0.717, 1.165) is 64.1 Å². The lowest BCUT2D eigenvalue weighted by Gasteiger charge is -2.30. The second kappa shape index (κ2) is 11.4. The Bertz CT molecular complexity index is 1020. The molecule has 3 unspecified atom stereocenters. The molecule has 4 rings (SSSR count). The van der Waals surface area contributed by atoms with E-state index in [1.54, 1.807) is 18.4 Å². The molecule has 168 valence electrons. The molecule has 31 heavy (non-hydrogen) atoms. The number of nitrogens with zero attached hydrogens (tertiary/aromatic N) is 2. The van der Waals surface area contributed by atoms with Crippen LogP contribution in [0.4, 0.5) is 0 Å². The maximum absolute atomic E-state index is 12.2. The average Bonchev–Trinajstić information content (AvgIpc) is 3.43. The third kappa shape index (κ3) is 6.07. The van der Waals surface area contributed by atoms with Crippen LogP contribution in [0.3, 0.4) is 0 Å². The normalized spacial score (nSPS) is 20.3. The van der Waals surface area contributed by atoms with Crippen LogP contribution >= 0.6 is 35.3 Å². The second-order valence-electron chi connectivity index (χ2n) is 7.48. The van der Waals surface area contributed by atoms with Crippen molar-refractivity contribution < 1.29 is 8.63 Å². The minimum absolute atomic E-state index is 0. The van der Waals surface area contributed by atoms with Crippen LogP contribution in [0.1, 0.15) is 38.4 Å². The van der Waals surface area contributed by atoms with Crippen molar-refractivity contribution in [3.05, 3.63) is 42.2 Å². The number of halogens is 1. The smallest absolute Gasteiger partial charge is 0.191 e. The summed E-state index contributed by atoms with van der Waals surface area (Å²) in [5.74, 6) is 3.11. The largest absolute Gasteiger partial charge is 0.457 e. The highest BCUT2D eigenvalue weighted by atomic mass is 127. The van der Waals surface area contributed by atoms with E-state index >= 15 is 0 Å². The van der Waals surface area contributed by atoms with E-state index in [1.807, 2.05) is 37.3 Å². The van der Waals surface area contributed by atoms with E-state index in [-0.39, 0.29) is 24.0 Å². The third-order valence-corrected chi connectivity index (χ3v) is 8.23. The van der Waals surface area contributed by atoms with Crippen LogP contribution in [0.15, 0.2) is 45.8 Å². The van der Waals surface area contributed by atoms with Gasteiger partial charge in [-0.25, -0.2) is 4.98 Å². The Kier molecular flexibility index (Phi) is 8.91. The van der Waals surface area contributed by atoms with Gasteiger partial charge in [0.2, 0.25) is 0 Å². The molecule has 0 radical (unpaired) electrons. The fourth-order valence-electron chi connectivity index (χ4n) is 3.87. The van der Waals surface area contributed by atoms with E-state index in [9.17, 15) is 4.21 Å². The summed E-state index contributed by atoms with van der Waals surface area (Å²) in [6.07, 6.45) is 4.19. The fourth-order valence-corrected chi connectivity index (χ4v) is 6.15. The molecule has 0 spiro atoms. The third-order valence-electron chi connectivity index (χ3n) is 5.44. The number of rotatable bonds is 6. The van der Waals surface area contributed by atoms with Crippen molar-refractivity contribution in [3.8, 4) is 10.8 Å². The highest BCUT2D eigenvalue weighted by Gasteiger charge is 2.26. The molecular formula is C22H29IN4O2S2. The van der Waals surface area contributed by atoms with Gasteiger partial charge in [0, 0.05) is 34.9 Å².